The Hall–Kier alpha value is -2.50. The van der Waals surface area contributed by atoms with Crippen molar-refractivity contribution in [2.45, 2.75) is 26.4 Å². The highest BCUT2D eigenvalue weighted by Crippen LogP contribution is 2.13. The Bertz CT molecular complexity index is 720. The molecular weight excluding hydrogens is 260 g/mol. The summed E-state index contributed by atoms with van der Waals surface area (Å²) in [6.45, 7) is 2.87. The predicted octanol–water partition coefficient (Wildman–Crippen LogP) is 0.986. The van der Waals surface area contributed by atoms with E-state index in [9.17, 15) is 14.4 Å². The van der Waals surface area contributed by atoms with Crippen molar-refractivity contribution in [1.82, 2.24) is 10.2 Å². The standard InChI is InChI=1S/C14H14N2O4/c1-8(17)9(2)20-13(18)7-12-10-5-3-4-6-11(10)14(19)16-15-12/h3-6,9H,7H2,1-2H3,(H,16,19). The zero-order valence-corrected chi connectivity index (χ0v) is 11.2. The number of H-pyrrole nitrogens is 1. The maximum absolute atomic E-state index is 11.7. The number of ketones is 1. The number of carbonyl (C=O) groups is 2. The number of carbonyl (C=O) groups excluding carboxylic acids is 2. The zero-order chi connectivity index (χ0) is 14.7. The van der Waals surface area contributed by atoms with Gasteiger partial charge in [0, 0.05) is 5.39 Å². The van der Waals surface area contributed by atoms with Crippen LogP contribution in [0.25, 0.3) is 10.8 Å². The lowest BCUT2D eigenvalue weighted by Gasteiger charge is -2.10. The summed E-state index contributed by atoms with van der Waals surface area (Å²) in [6, 6.07) is 6.87. The third-order valence-electron chi connectivity index (χ3n) is 2.97. The van der Waals surface area contributed by atoms with Crippen LogP contribution in [0.4, 0.5) is 0 Å². The lowest BCUT2D eigenvalue weighted by atomic mass is 10.1. The monoisotopic (exact) mass is 274 g/mol. The van der Waals surface area contributed by atoms with Crippen LogP contribution in [-0.2, 0) is 20.7 Å². The molecule has 104 valence electrons. The number of aromatic nitrogens is 2. The summed E-state index contributed by atoms with van der Waals surface area (Å²) in [5.74, 6) is -0.782. The molecule has 0 fully saturated rings. The fourth-order valence-corrected chi connectivity index (χ4v) is 1.76. The molecule has 0 aliphatic rings. The molecule has 1 aromatic heterocycles. The van der Waals surface area contributed by atoms with E-state index in [0.717, 1.165) is 0 Å². The Morgan fingerprint density at radius 1 is 1.30 bits per heavy atom. The van der Waals surface area contributed by atoms with E-state index in [1.165, 1.54) is 13.8 Å². The van der Waals surface area contributed by atoms with Gasteiger partial charge in [-0.15, -0.1) is 0 Å². The Morgan fingerprint density at radius 3 is 2.60 bits per heavy atom. The quantitative estimate of drug-likeness (QED) is 0.840. The first-order chi connectivity index (χ1) is 9.49. The first-order valence-corrected chi connectivity index (χ1v) is 6.15. The van der Waals surface area contributed by atoms with Crippen LogP contribution in [0.5, 0.6) is 0 Å². The average Bonchev–Trinajstić information content (AvgIpc) is 2.42. The van der Waals surface area contributed by atoms with Gasteiger partial charge in [0.05, 0.1) is 17.5 Å². The maximum Gasteiger partial charge on any atom is 0.312 e. The van der Waals surface area contributed by atoms with E-state index >= 15 is 0 Å². The summed E-state index contributed by atoms with van der Waals surface area (Å²) < 4.78 is 4.97. The molecule has 0 bridgehead atoms. The van der Waals surface area contributed by atoms with E-state index in [1.807, 2.05) is 0 Å². The Labute approximate surface area is 114 Å². The molecule has 1 N–H and O–H groups in total. The first-order valence-electron chi connectivity index (χ1n) is 6.15. The maximum atomic E-state index is 11.7. The Morgan fingerprint density at radius 2 is 1.95 bits per heavy atom. The van der Waals surface area contributed by atoms with Crippen LogP contribution in [0.15, 0.2) is 29.1 Å². The number of esters is 1. The van der Waals surface area contributed by atoms with Gasteiger partial charge in [0.2, 0.25) is 0 Å². The minimum Gasteiger partial charge on any atom is -0.454 e. The van der Waals surface area contributed by atoms with Gasteiger partial charge in [0.1, 0.15) is 0 Å². The van der Waals surface area contributed by atoms with E-state index in [0.29, 0.717) is 16.5 Å². The van der Waals surface area contributed by atoms with Crippen LogP contribution in [0.2, 0.25) is 0 Å². The molecule has 1 heterocycles. The van der Waals surface area contributed by atoms with Gasteiger partial charge in [0.25, 0.3) is 5.56 Å². The molecule has 6 nitrogen and oxygen atoms in total. The molecule has 0 aliphatic heterocycles. The van der Waals surface area contributed by atoms with Crippen LogP contribution in [0, 0.1) is 0 Å². The minimum absolute atomic E-state index is 0.102. The van der Waals surface area contributed by atoms with Crippen LogP contribution < -0.4 is 5.56 Å². The second-order valence-corrected chi connectivity index (χ2v) is 4.46. The van der Waals surface area contributed by atoms with Crippen molar-refractivity contribution in [3.63, 3.8) is 0 Å². The van der Waals surface area contributed by atoms with Crippen LogP contribution in [0.3, 0.4) is 0 Å². The molecule has 20 heavy (non-hydrogen) atoms. The van der Waals surface area contributed by atoms with Crippen molar-refractivity contribution in [3.05, 3.63) is 40.3 Å². The third kappa shape index (κ3) is 2.90. The molecule has 1 unspecified atom stereocenters. The molecular formula is C14H14N2O4. The molecule has 0 radical (unpaired) electrons. The highest BCUT2D eigenvalue weighted by molar-refractivity contribution is 5.88. The van der Waals surface area contributed by atoms with Crippen LogP contribution in [0.1, 0.15) is 19.5 Å². The molecule has 1 aromatic carbocycles. The van der Waals surface area contributed by atoms with Gasteiger partial charge in [-0.25, -0.2) is 5.10 Å². The molecule has 1 atom stereocenters. The Balaban J connectivity index is 2.26. The van der Waals surface area contributed by atoms with Crippen molar-refractivity contribution >= 4 is 22.5 Å². The lowest BCUT2D eigenvalue weighted by Crippen LogP contribution is -2.23. The van der Waals surface area contributed by atoms with Gasteiger partial charge in [-0.2, -0.15) is 5.10 Å². The summed E-state index contributed by atoms with van der Waals surface area (Å²) >= 11 is 0. The second kappa shape index (κ2) is 5.64. The molecule has 2 aromatic rings. The number of fused-ring (bicyclic) bond motifs is 1. The van der Waals surface area contributed by atoms with Gasteiger partial charge in [0.15, 0.2) is 11.9 Å². The molecule has 0 aliphatic carbocycles. The molecule has 0 spiro atoms. The number of nitrogens with one attached hydrogen (secondary N) is 1. The smallest absolute Gasteiger partial charge is 0.312 e. The summed E-state index contributed by atoms with van der Waals surface area (Å²) in [6.07, 6.45) is -0.883. The molecule has 2 rings (SSSR count). The average molecular weight is 274 g/mol. The summed E-state index contributed by atoms with van der Waals surface area (Å²) in [4.78, 5) is 34.4. The highest BCUT2D eigenvalue weighted by Gasteiger charge is 2.16. The Kier molecular flexibility index (Phi) is 3.93. The van der Waals surface area contributed by atoms with Crippen molar-refractivity contribution in [3.8, 4) is 0 Å². The second-order valence-electron chi connectivity index (χ2n) is 4.46. The predicted molar refractivity (Wildman–Crippen MR) is 72.3 cm³/mol. The van der Waals surface area contributed by atoms with Gasteiger partial charge < -0.3 is 4.74 Å². The largest absolute Gasteiger partial charge is 0.454 e. The third-order valence-corrected chi connectivity index (χ3v) is 2.97. The van der Waals surface area contributed by atoms with E-state index < -0.39 is 12.1 Å². The normalized spacial score (nSPS) is 12.1. The van der Waals surface area contributed by atoms with Crippen molar-refractivity contribution in [1.29, 1.82) is 0 Å². The SMILES string of the molecule is CC(=O)C(C)OC(=O)Cc1n[nH]c(=O)c2ccccc12. The lowest BCUT2D eigenvalue weighted by molar-refractivity contribution is -0.152. The number of nitrogens with zero attached hydrogens (tertiary/aromatic N) is 1. The van der Waals surface area contributed by atoms with E-state index in [2.05, 4.69) is 10.2 Å². The molecule has 6 heteroatoms. The number of hydrogen-bond acceptors (Lipinski definition) is 5. The molecule has 0 amide bonds. The van der Waals surface area contributed by atoms with Gasteiger partial charge in [-0.1, -0.05) is 18.2 Å². The van der Waals surface area contributed by atoms with E-state index in [4.69, 9.17) is 4.74 Å². The molecule has 0 saturated carbocycles. The van der Waals surface area contributed by atoms with Crippen molar-refractivity contribution in [2.24, 2.45) is 0 Å². The van der Waals surface area contributed by atoms with Gasteiger partial charge >= 0.3 is 5.97 Å². The minimum atomic E-state index is -0.781. The van der Waals surface area contributed by atoms with Gasteiger partial charge in [-0.05, 0) is 19.9 Å². The number of benzene rings is 1. The summed E-state index contributed by atoms with van der Waals surface area (Å²) in [5, 5.41) is 7.28. The number of aromatic amines is 1. The van der Waals surface area contributed by atoms with E-state index in [-0.39, 0.29) is 17.8 Å². The zero-order valence-electron chi connectivity index (χ0n) is 11.2. The van der Waals surface area contributed by atoms with Gasteiger partial charge in [-0.3, -0.25) is 14.4 Å². The van der Waals surface area contributed by atoms with Crippen molar-refractivity contribution in [2.75, 3.05) is 0 Å². The fourth-order valence-electron chi connectivity index (χ4n) is 1.76. The first kappa shape index (κ1) is 13.9. The summed E-state index contributed by atoms with van der Waals surface area (Å²) in [5.41, 5.74) is 0.107. The summed E-state index contributed by atoms with van der Waals surface area (Å²) in [7, 11) is 0. The number of hydrogen-bond donors (Lipinski definition) is 1. The number of ether oxygens (including phenoxy) is 1. The fraction of sp³-hybridized carbons (Fsp3) is 0.286. The topological polar surface area (TPSA) is 89.1 Å². The highest BCUT2D eigenvalue weighted by atomic mass is 16.5. The molecule has 0 saturated heterocycles. The van der Waals surface area contributed by atoms with Crippen LogP contribution >= 0.6 is 0 Å². The number of rotatable bonds is 4. The van der Waals surface area contributed by atoms with Crippen LogP contribution in [-0.4, -0.2) is 28.1 Å². The van der Waals surface area contributed by atoms with Crippen molar-refractivity contribution < 1.29 is 14.3 Å². The number of Topliss-reactive ketones (excluding diaryl/α,β-unsaturated/α-hetero) is 1. The van der Waals surface area contributed by atoms with E-state index in [1.54, 1.807) is 24.3 Å².